The minimum atomic E-state index is -0.985. The Labute approximate surface area is 288 Å². The molecule has 6 unspecified atom stereocenters. The zero-order valence-corrected chi connectivity index (χ0v) is 27.2. The number of aromatic amines is 2. The lowest BCUT2D eigenvalue weighted by Crippen LogP contribution is -2.43. The summed E-state index contributed by atoms with van der Waals surface area (Å²) >= 11 is 0. The molecule has 276 valence electrons. The molecule has 4 aliphatic heterocycles. The molecular formula is C31H40F2N10O8. The van der Waals surface area contributed by atoms with Crippen LogP contribution in [0.4, 0.5) is 8.78 Å². The van der Waals surface area contributed by atoms with Crippen molar-refractivity contribution in [1.82, 2.24) is 34.1 Å². The smallest absolute Gasteiger partial charge is 0.330 e. The number of H-pyrrole nitrogens is 2. The van der Waals surface area contributed by atoms with Gasteiger partial charge < -0.3 is 19.7 Å². The second kappa shape index (κ2) is 14.7. The standard InChI is InChI=1S/C15H18FN5O4.C12H15N5O4.C3H3F.CH4/c1-9-6-20(13(24)17-12(9)23)15-3-2-14(8-22,25-15)11(4-15)21-7-10(5-16)18-19-21;1-7-5-17(10(20)14-9(7)19)12-3-2-11(6-18,21-12)8(4-12)15-16-13;1-2-3-4;/h6-7,11,22H,2-5,8H2,1H3,(H,17,23,24);5,8,18H,2-4,6H2,1H3,(H,14,19,20);1H,3H2;1H4/i16-1;;4-1;. The Bertz CT molecular complexity index is 2080. The van der Waals surface area contributed by atoms with Crippen molar-refractivity contribution in [3.05, 3.63) is 87.5 Å². The molecule has 20 heteroatoms. The SMILES string of the molecule is C.C#CC[18F].Cc1cn(C23CCC(CO)(O2)C(N=[N+]=[N-])C3)c(=O)[nH]c1=O.Cc1cn(C23CCC(CO)(O2)C(n2cc(C[18F])nn2)C3)c(=O)[nH]c1=O. The number of alkyl halides is 2. The van der Waals surface area contributed by atoms with Gasteiger partial charge in [-0.2, -0.15) is 0 Å². The second-order valence-electron chi connectivity index (χ2n) is 12.7. The van der Waals surface area contributed by atoms with Gasteiger partial charge in [0.2, 0.25) is 0 Å². The molecule has 4 saturated heterocycles. The van der Waals surface area contributed by atoms with Crippen LogP contribution in [0.2, 0.25) is 0 Å². The number of aliphatic hydroxyl groups is 2. The third-order valence-electron chi connectivity index (χ3n) is 9.84. The van der Waals surface area contributed by atoms with Crippen molar-refractivity contribution in [3.8, 4) is 12.3 Å². The number of nitrogens with one attached hydrogen (secondary N) is 2. The van der Waals surface area contributed by atoms with Gasteiger partial charge in [0, 0.05) is 41.3 Å². The van der Waals surface area contributed by atoms with Crippen molar-refractivity contribution in [3.63, 3.8) is 0 Å². The number of aromatic nitrogens is 7. The summed E-state index contributed by atoms with van der Waals surface area (Å²) in [5.41, 5.74) is 3.79. The van der Waals surface area contributed by atoms with Gasteiger partial charge >= 0.3 is 11.4 Å². The molecule has 51 heavy (non-hydrogen) atoms. The van der Waals surface area contributed by atoms with Crippen LogP contribution < -0.4 is 22.5 Å². The monoisotopic (exact) mass is 716 g/mol. The van der Waals surface area contributed by atoms with Crippen LogP contribution in [0, 0.1) is 26.2 Å². The Morgan fingerprint density at radius 1 is 0.961 bits per heavy atom. The van der Waals surface area contributed by atoms with Crippen molar-refractivity contribution in [2.45, 2.75) is 101 Å². The molecule has 4 aliphatic rings. The predicted molar refractivity (Wildman–Crippen MR) is 176 cm³/mol. The molecule has 4 N–H and O–H groups in total. The highest BCUT2D eigenvalue weighted by Crippen LogP contribution is 2.58. The summed E-state index contributed by atoms with van der Waals surface area (Å²) in [6, 6.07) is -0.932. The number of hydrogen-bond donors (Lipinski definition) is 4. The van der Waals surface area contributed by atoms with E-state index in [1.165, 1.54) is 32.4 Å². The van der Waals surface area contributed by atoms with E-state index in [1.54, 1.807) is 19.8 Å². The molecule has 0 radical (unpaired) electrons. The molecule has 4 fully saturated rings. The summed E-state index contributed by atoms with van der Waals surface area (Å²) in [5.74, 6) is 1.76. The Balaban J connectivity index is 0.000000206. The summed E-state index contributed by atoms with van der Waals surface area (Å²) in [6.07, 6.45) is 11.5. The lowest BCUT2D eigenvalue weighted by molar-refractivity contribution is -0.120. The highest BCUT2D eigenvalue weighted by molar-refractivity contribution is 5.15. The number of rotatable bonds is 7. The summed E-state index contributed by atoms with van der Waals surface area (Å²) in [4.78, 5) is 54.9. The van der Waals surface area contributed by atoms with E-state index in [1.807, 2.05) is 0 Å². The van der Waals surface area contributed by atoms with Gasteiger partial charge in [0.1, 0.15) is 36.0 Å². The summed E-state index contributed by atoms with van der Waals surface area (Å²) in [6.45, 7) is 1.27. The van der Waals surface area contributed by atoms with Crippen LogP contribution in [-0.4, -0.2) is 81.4 Å². The average molecular weight is 717 g/mol. The Kier molecular flexibility index (Phi) is 11.2. The average Bonchev–Trinajstić information content (AvgIpc) is 3.94. The van der Waals surface area contributed by atoms with Gasteiger partial charge in [-0.3, -0.25) is 28.7 Å². The number of nitrogens with zero attached hydrogens (tertiary/aromatic N) is 8. The molecule has 3 aromatic rings. The molecule has 0 aromatic carbocycles. The van der Waals surface area contributed by atoms with E-state index in [4.69, 9.17) is 15.0 Å². The number of halogens is 2. The largest absolute Gasteiger partial charge is 0.393 e. The van der Waals surface area contributed by atoms with E-state index in [-0.39, 0.29) is 26.3 Å². The fourth-order valence-corrected chi connectivity index (χ4v) is 7.29. The number of fused-ring (bicyclic) bond motifs is 4. The number of hydrogen-bond acceptors (Lipinski definition) is 11. The van der Waals surface area contributed by atoms with E-state index in [0.29, 0.717) is 49.7 Å². The zero-order valence-electron chi connectivity index (χ0n) is 27.2. The van der Waals surface area contributed by atoms with E-state index in [2.05, 4.69) is 36.7 Å². The zero-order chi connectivity index (χ0) is 36.5. The summed E-state index contributed by atoms with van der Waals surface area (Å²) in [7, 11) is 0. The minimum absolute atomic E-state index is 0. The maximum Gasteiger partial charge on any atom is 0.330 e. The van der Waals surface area contributed by atoms with E-state index < -0.39 is 70.6 Å². The molecule has 6 atom stereocenters. The number of terminal acetylenes is 1. The quantitative estimate of drug-likeness (QED) is 0.117. The molecule has 4 bridgehead atoms. The highest BCUT2D eigenvalue weighted by Gasteiger charge is 2.64. The van der Waals surface area contributed by atoms with Crippen LogP contribution in [0.1, 0.15) is 68.8 Å². The van der Waals surface area contributed by atoms with Crippen LogP contribution >= 0.6 is 0 Å². The summed E-state index contributed by atoms with van der Waals surface area (Å²) < 4.78 is 39.6. The number of azide groups is 1. The first kappa shape index (κ1) is 38.9. The molecule has 3 aromatic heterocycles. The van der Waals surface area contributed by atoms with Gasteiger partial charge in [-0.1, -0.05) is 23.7 Å². The number of aryl methyl sites for hydroxylation is 2. The van der Waals surface area contributed by atoms with E-state index in [0.717, 1.165) is 0 Å². The minimum Gasteiger partial charge on any atom is -0.393 e. The lowest BCUT2D eigenvalue weighted by atomic mass is 9.81. The lowest BCUT2D eigenvalue weighted by Gasteiger charge is -2.31. The van der Waals surface area contributed by atoms with Crippen LogP contribution in [0.3, 0.4) is 0 Å². The van der Waals surface area contributed by atoms with Gasteiger partial charge in [0.25, 0.3) is 11.1 Å². The van der Waals surface area contributed by atoms with Crippen molar-refractivity contribution in [1.29, 1.82) is 0 Å². The van der Waals surface area contributed by atoms with Crippen molar-refractivity contribution in [2.75, 3.05) is 19.9 Å². The maximum absolute atomic E-state index is 12.8. The van der Waals surface area contributed by atoms with Gasteiger partial charge in [-0.25, -0.2) is 23.1 Å². The number of ether oxygens (including phenoxy) is 2. The van der Waals surface area contributed by atoms with Crippen LogP contribution in [-0.2, 0) is 27.6 Å². The van der Waals surface area contributed by atoms with Gasteiger partial charge in [0.15, 0.2) is 5.72 Å². The van der Waals surface area contributed by atoms with Crippen molar-refractivity contribution < 1.29 is 28.5 Å². The second-order valence-corrected chi connectivity index (χ2v) is 12.7. The molecule has 7 rings (SSSR count). The fraction of sp³-hybridized carbons (Fsp3) is 0.613. The third-order valence-corrected chi connectivity index (χ3v) is 9.84. The third kappa shape index (κ3) is 6.66. The van der Waals surface area contributed by atoms with Gasteiger partial charge in [-0.15, -0.1) is 11.5 Å². The maximum atomic E-state index is 12.8. The Morgan fingerprint density at radius 3 is 1.94 bits per heavy atom. The first-order chi connectivity index (χ1) is 23.8. The fourth-order valence-electron chi connectivity index (χ4n) is 7.29. The molecule has 0 amide bonds. The molecule has 7 heterocycles. The molecule has 18 nitrogen and oxygen atoms in total. The van der Waals surface area contributed by atoms with E-state index in [9.17, 15) is 38.2 Å². The highest BCUT2D eigenvalue weighted by atomic mass is 18.2. The Morgan fingerprint density at radius 2 is 1.47 bits per heavy atom. The molecule has 0 saturated carbocycles. The topological polar surface area (TPSA) is 248 Å². The summed E-state index contributed by atoms with van der Waals surface area (Å²) in [5, 5.41) is 31.0. The van der Waals surface area contributed by atoms with Gasteiger partial charge in [0.05, 0.1) is 31.5 Å². The first-order valence-corrected chi connectivity index (χ1v) is 15.6. The Hall–Kier alpha value is -4.93. The van der Waals surface area contributed by atoms with Gasteiger partial charge in [-0.05, 0) is 45.1 Å². The predicted octanol–water partition coefficient (Wildman–Crippen LogP) is 1.09. The van der Waals surface area contributed by atoms with Crippen LogP contribution in [0.5, 0.6) is 0 Å². The normalized spacial score (nSPS) is 29.5. The molecule has 0 spiro atoms. The van der Waals surface area contributed by atoms with Crippen molar-refractivity contribution in [2.24, 2.45) is 5.11 Å². The van der Waals surface area contributed by atoms with Crippen LogP contribution in [0.25, 0.3) is 10.4 Å². The molecular weight excluding hydrogens is 676 g/mol. The first-order valence-electron chi connectivity index (χ1n) is 15.6. The molecule has 0 aliphatic carbocycles. The number of aliphatic hydroxyl groups excluding tert-OH is 2. The van der Waals surface area contributed by atoms with Crippen LogP contribution in [0.15, 0.2) is 42.9 Å². The van der Waals surface area contributed by atoms with E-state index >= 15 is 0 Å². The van der Waals surface area contributed by atoms with Crippen molar-refractivity contribution >= 4 is 0 Å².